The van der Waals surface area contributed by atoms with Gasteiger partial charge in [0.2, 0.25) is 0 Å². The third kappa shape index (κ3) is 4.00. The molecule has 1 amide bonds. The zero-order valence-electron chi connectivity index (χ0n) is 15.7. The van der Waals surface area contributed by atoms with E-state index in [4.69, 9.17) is 9.15 Å². The van der Waals surface area contributed by atoms with Crippen LogP contribution in [-0.2, 0) is 24.2 Å². The fraction of sp³-hybridized carbons (Fsp3) is 0.429. The van der Waals surface area contributed by atoms with Crippen molar-refractivity contribution in [2.24, 2.45) is 0 Å². The van der Waals surface area contributed by atoms with Crippen LogP contribution in [0.3, 0.4) is 0 Å². The first-order valence-electron chi connectivity index (χ1n) is 9.48. The van der Waals surface area contributed by atoms with Gasteiger partial charge in [-0.15, -0.1) is 11.3 Å². The van der Waals surface area contributed by atoms with Gasteiger partial charge in [-0.3, -0.25) is 4.79 Å². The van der Waals surface area contributed by atoms with Crippen molar-refractivity contribution in [2.75, 3.05) is 6.61 Å². The maximum absolute atomic E-state index is 12.1. The molecule has 0 bridgehead atoms. The molecule has 0 atom stereocenters. The Labute approximate surface area is 162 Å². The van der Waals surface area contributed by atoms with E-state index in [-0.39, 0.29) is 12.5 Å². The Balaban J connectivity index is 1.34. The van der Waals surface area contributed by atoms with Gasteiger partial charge in [-0.2, -0.15) is 0 Å². The maximum atomic E-state index is 12.1. The lowest BCUT2D eigenvalue weighted by Gasteiger charge is -2.09. The minimum Gasteiger partial charge on any atom is -0.484 e. The van der Waals surface area contributed by atoms with Gasteiger partial charge in [0.05, 0.1) is 17.2 Å². The lowest BCUT2D eigenvalue weighted by Crippen LogP contribution is -2.28. The summed E-state index contributed by atoms with van der Waals surface area (Å²) in [4.78, 5) is 16.6. The van der Waals surface area contributed by atoms with Gasteiger partial charge in [0.25, 0.3) is 5.91 Å². The van der Waals surface area contributed by atoms with Crippen molar-refractivity contribution in [3.05, 3.63) is 45.6 Å². The van der Waals surface area contributed by atoms with Crippen molar-refractivity contribution in [3.63, 3.8) is 0 Å². The van der Waals surface area contributed by atoms with Gasteiger partial charge in [0.1, 0.15) is 17.1 Å². The molecule has 142 valence electrons. The van der Waals surface area contributed by atoms with E-state index in [1.54, 1.807) is 11.3 Å². The van der Waals surface area contributed by atoms with Crippen LogP contribution in [0.4, 0.5) is 0 Å². The highest BCUT2D eigenvalue weighted by molar-refractivity contribution is 7.09. The number of hydrogen-bond acceptors (Lipinski definition) is 5. The summed E-state index contributed by atoms with van der Waals surface area (Å²) in [6.45, 7) is 4.65. The van der Waals surface area contributed by atoms with E-state index in [1.807, 2.05) is 23.6 Å². The number of carbonyl (C=O) groups is 1. The van der Waals surface area contributed by atoms with Crippen molar-refractivity contribution >= 4 is 28.2 Å². The minimum absolute atomic E-state index is 0.00722. The number of ether oxygens (including phenoxy) is 1. The molecule has 2 heterocycles. The van der Waals surface area contributed by atoms with E-state index in [2.05, 4.69) is 24.1 Å². The zero-order chi connectivity index (χ0) is 18.8. The molecule has 0 saturated carbocycles. The van der Waals surface area contributed by atoms with Crippen LogP contribution in [0.15, 0.2) is 28.0 Å². The summed E-state index contributed by atoms with van der Waals surface area (Å²) in [5.74, 6) is 2.06. The van der Waals surface area contributed by atoms with E-state index in [9.17, 15) is 4.79 Å². The van der Waals surface area contributed by atoms with Gasteiger partial charge in [-0.05, 0) is 37.5 Å². The van der Waals surface area contributed by atoms with E-state index < -0.39 is 0 Å². The number of benzene rings is 1. The molecule has 1 N–H and O–H groups in total. The molecule has 0 aliphatic heterocycles. The molecule has 0 spiro atoms. The van der Waals surface area contributed by atoms with Crippen LogP contribution in [0.1, 0.15) is 54.6 Å². The predicted molar refractivity (Wildman–Crippen MR) is 106 cm³/mol. The van der Waals surface area contributed by atoms with Crippen LogP contribution in [0, 0.1) is 0 Å². The predicted octanol–water partition coefficient (Wildman–Crippen LogP) is 4.59. The summed E-state index contributed by atoms with van der Waals surface area (Å²) in [5, 5.41) is 7.06. The van der Waals surface area contributed by atoms with E-state index in [0.717, 1.165) is 40.3 Å². The zero-order valence-corrected chi connectivity index (χ0v) is 16.5. The smallest absolute Gasteiger partial charge is 0.258 e. The Kier molecular flexibility index (Phi) is 5.16. The van der Waals surface area contributed by atoms with Gasteiger partial charge in [0, 0.05) is 28.7 Å². The number of furan rings is 1. The summed E-state index contributed by atoms with van der Waals surface area (Å²) in [6, 6.07) is 5.79. The molecule has 4 rings (SSSR count). The molecule has 0 saturated heterocycles. The SMILES string of the molecule is CC(C)c1nc(CNC(=O)COc2ccc3oc4c(c3c2)CCCC4)cs1. The highest BCUT2D eigenvalue weighted by Gasteiger charge is 2.18. The van der Waals surface area contributed by atoms with Crippen molar-refractivity contribution in [1.82, 2.24) is 10.3 Å². The third-order valence-electron chi connectivity index (χ3n) is 4.83. The second-order valence-corrected chi connectivity index (χ2v) is 8.16. The fourth-order valence-corrected chi connectivity index (χ4v) is 4.22. The van der Waals surface area contributed by atoms with Crippen molar-refractivity contribution in [2.45, 2.75) is 52.0 Å². The highest BCUT2D eigenvalue weighted by atomic mass is 32.1. The Morgan fingerprint density at radius 1 is 1.33 bits per heavy atom. The lowest BCUT2D eigenvalue weighted by atomic mass is 9.96. The number of nitrogens with one attached hydrogen (secondary N) is 1. The van der Waals surface area contributed by atoms with Gasteiger partial charge < -0.3 is 14.5 Å². The number of amides is 1. The number of nitrogens with zero attached hydrogens (tertiary/aromatic N) is 1. The quantitative estimate of drug-likeness (QED) is 0.675. The van der Waals surface area contributed by atoms with Crippen LogP contribution in [0.2, 0.25) is 0 Å². The average Bonchev–Trinajstić information content (AvgIpc) is 3.29. The first kappa shape index (κ1) is 18.0. The molecule has 6 heteroatoms. The number of hydrogen-bond donors (Lipinski definition) is 1. The first-order valence-corrected chi connectivity index (χ1v) is 10.4. The molecular formula is C21H24N2O3S. The van der Waals surface area contributed by atoms with Gasteiger partial charge in [-0.25, -0.2) is 4.98 Å². The van der Waals surface area contributed by atoms with E-state index in [0.29, 0.717) is 18.2 Å². The Bertz CT molecular complexity index is 958. The van der Waals surface area contributed by atoms with Crippen LogP contribution in [0.5, 0.6) is 5.75 Å². The number of fused-ring (bicyclic) bond motifs is 3. The number of aryl methyl sites for hydroxylation is 2. The molecule has 1 aromatic carbocycles. The molecule has 3 aromatic rings. The summed E-state index contributed by atoms with van der Waals surface area (Å²) in [6.07, 6.45) is 4.45. The molecule has 2 aromatic heterocycles. The maximum Gasteiger partial charge on any atom is 0.258 e. The van der Waals surface area contributed by atoms with Gasteiger partial charge in [0.15, 0.2) is 6.61 Å². The monoisotopic (exact) mass is 384 g/mol. The molecule has 0 radical (unpaired) electrons. The van der Waals surface area contributed by atoms with E-state index >= 15 is 0 Å². The highest BCUT2D eigenvalue weighted by Crippen LogP contribution is 2.33. The van der Waals surface area contributed by atoms with Crippen molar-refractivity contribution in [3.8, 4) is 5.75 Å². The standard InChI is InChI=1S/C21H24N2O3S/c1-13(2)21-23-14(12-27-21)10-22-20(24)11-25-15-7-8-19-17(9-15)16-5-3-4-6-18(16)26-19/h7-9,12-13H,3-6,10-11H2,1-2H3,(H,22,24). The third-order valence-corrected chi connectivity index (χ3v) is 6.02. The van der Waals surface area contributed by atoms with Crippen molar-refractivity contribution in [1.29, 1.82) is 0 Å². The number of aromatic nitrogens is 1. The molecule has 5 nitrogen and oxygen atoms in total. The Morgan fingerprint density at radius 3 is 3.00 bits per heavy atom. The van der Waals surface area contributed by atoms with Crippen molar-refractivity contribution < 1.29 is 13.9 Å². The summed E-state index contributed by atoms with van der Waals surface area (Å²) in [7, 11) is 0. The van der Waals surface area contributed by atoms with Crippen LogP contribution in [0.25, 0.3) is 11.0 Å². The number of rotatable bonds is 6. The second-order valence-electron chi connectivity index (χ2n) is 7.27. The Morgan fingerprint density at radius 2 is 2.19 bits per heavy atom. The summed E-state index contributed by atoms with van der Waals surface area (Å²) in [5.41, 5.74) is 3.10. The molecular weight excluding hydrogens is 360 g/mol. The molecule has 1 aliphatic rings. The van der Waals surface area contributed by atoms with Gasteiger partial charge in [-0.1, -0.05) is 13.8 Å². The van der Waals surface area contributed by atoms with E-state index in [1.165, 1.54) is 18.4 Å². The second kappa shape index (κ2) is 7.72. The average molecular weight is 385 g/mol. The number of thiazole rings is 1. The molecule has 0 fully saturated rings. The molecule has 0 unspecified atom stereocenters. The molecule has 1 aliphatic carbocycles. The van der Waals surface area contributed by atoms with Crippen LogP contribution in [-0.4, -0.2) is 17.5 Å². The molecule has 27 heavy (non-hydrogen) atoms. The Hall–Kier alpha value is -2.34. The minimum atomic E-state index is -0.150. The largest absolute Gasteiger partial charge is 0.484 e. The van der Waals surface area contributed by atoms with Crippen LogP contribution >= 0.6 is 11.3 Å². The number of carbonyl (C=O) groups excluding carboxylic acids is 1. The topological polar surface area (TPSA) is 64.4 Å². The lowest BCUT2D eigenvalue weighted by molar-refractivity contribution is -0.123. The fourth-order valence-electron chi connectivity index (χ4n) is 3.39. The summed E-state index contributed by atoms with van der Waals surface area (Å²) >= 11 is 1.63. The normalized spacial score (nSPS) is 13.7. The summed E-state index contributed by atoms with van der Waals surface area (Å²) < 4.78 is 11.6. The van der Waals surface area contributed by atoms with Crippen LogP contribution < -0.4 is 10.1 Å². The van der Waals surface area contributed by atoms with Gasteiger partial charge >= 0.3 is 0 Å². The first-order chi connectivity index (χ1) is 13.1.